The summed E-state index contributed by atoms with van der Waals surface area (Å²) in [5.41, 5.74) is 1.46. The van der Waals surface area contributed by atoms with E-state index in [1.54, 1.807) is 6.07 Å². The number of likely N-dealkylation sites (N-methyl/N-ethyl adjacent to an activating group) is 1. The number of benzene rings is 2. The number of pyridine rings is 1. The summed E-state index contributed by atoms with van der Waals surface area (Å²) in [6.45, 7) is 6.47. The van der Waals surface area contributed by atoms with Crippen molar-refractivity contribution in [3.05, 3.63) is 91.2 Å². The molecule has 0 saturated heterocycles. The number of hydrogen-bond acceptors (Lipinski definition) is 7. The second-order valence-corrected chi connectivity index (χ2v) is 8.03. The number of non-ortho nitro benzene ring substituents is 1. The fourth-order valence-corrected chi connectivity index (χ4v) is 3.77. The SMILES string of the molecule is CCN(CC[n+]1ccccc1)c1ccc(N=Nc2c(Br)cc([N+](=O)[O-])cc2[N+](=O)[O-])c(C)c1. The molecule has 33 heavy (non-hydrogen) atoms. The molecule has 2 aromatic carbocycles. The predicted octanol–water partition coefficient (Wildman–Crippen LogP) is 5.80. The molecule has 10 nitrogen and oxygen atoms in total. The minimum atomic E-state index is -0.716. The summed E-state index contributed by atoms with van der Waals surface area (Å²) in [5, 5.41) is 30.6. The number of nitro benzene ring substituents is 2. The van der Waals surface area contributed by atoms with Crippen molar-refractivity contribution in [1.82, 2.24) is 0 Å². The van der Waals surface area contributed by atoms with Crippen LogP contribution in [0.3, 0.4) is 0 Å². The molecule has 0 radical (unpaired) electrons. The van der Waals surface area contributed by atoms with Crippen LogP contribution >= 0.6 is 15.9 Å². The maximum absolute atomic E-state index is 11.4. The minimum absolute atomic E-state index is 0.0795. The van der Waals surface area contributed by atoms with Gasteiger partial charge in [0.15, 0.2) is 24.6 Å². The molecule has 1 heterocycles. The van der Waals surface area contributed by atoms with E-state index in [0.717, 1.165) is 37.0 Å². The van der Waals surface area contributed by atoms with Crippen LogP contribution in [0.1, 0.15) is 12.5 Å². The van der Waals surface area contributed by atoms with E-state index in [9.17, 15) is 20.2 Å². The van der Waals surface area contributed by atoms with E-state index in [0.29, 0.717) is 5.69 Å². The van der Waals surface area contributed by atoms with Gasteiger partial charge in [-0.15, -0.1) is 10.2 Å². The van der Waals surface area contributed by atoms with Gasteiger partial charge in [0.25, 0.3) is 5.69 Å². The highest BCUT2D eigenvalue weighted by atomic mass is 79.9. The number of rotatable bonds is 9. The highest BCUT2D eigenvalue weighted by molar-refractivity contribution is 9.10. The number of halogens is 1. The van der Waals surface area contributed by atoms with Gasteiger partial charge in [-0.1, -0.05) is 6.07 Å². The summed E-state index contributed by atoms with van der Waals surface area (Å²) in [5.74, 6) is 0. The Bertz CT molecular complexity index is 1200. The highest BCUT2D eigenvalue weighted by Gasteiger charge is 2.23. The fraction of sp³-hybridized carbons (Fsp3) is 0.227. The second kappa shape index (κ2) is 10.7. The zero-order chi connectivity index (χ0) is 24.0. The average molecular weight is 514 g/mol. The van der Waals surface area contributed by atoms with E-state index in [4.69, 9.17) is 0 Å². The molecule has 3 rings (SSSR count). The van der Waals surface area contributed by atoms with Gasteiger partial charge in [-0.05, 0) is 53.5 Å². The molecular formula is C22H22BrN6O4+. The number of anilines is 1. The maximum atomic E-state index is 11.4. The van der Waals surface area contributed by atoms with Gasteiger partial charge in [0.1, 0.15) is 0 Å². The highest BCUT2D eigenvalue weighted by Crippen LogP contribution is 2.40. The molecule has 0 spiro atoms. The van der Waals surface area contributed by atoms with E-state index < -0.39 is 21.2 Å². The van der Waals surface area contributed by atoms with E-state index in [1.807, 2.05) is 49.6 Å². The third-order valence-corrected chi connectivity index (χ3v) is 5.63. The Morgan fingerprint density at radius 1 is 1.03 bits per heavy atom. The van der Waals surface area contributed by atoms with Crippen molar-refractivity contribution in [2.75, 3.05) is 18.0 Å². The Balaban J connectivity index is 1.83. The topological polar surface area (TPSA) is 118 Å². The van der Waals surface area contributed by atoms with Gasteiger partial charge in [-0.25, -0.2) is 4.57 Å². The van der Waals surface area contributed by atoms with Crippen LogP contribution in [-0.2, 0) is 6.54 Å². The first kappa shape index (κ1) is 23.9. The molecule has 170 valence electrons. The van der Waals surface area contributed by atoms with Crippen LogP contribution in [0.25, 0.3) is 0 Å². The number of aromatic nitrogens is 1. The lowest BCUT2D eigenvalue weighted by Crippen LogP contribution is -2.40. The van der Waals surface area contributed by atoms with Crippen molar-refractivity contribution < 1.29 is 14.4 Å². The van der Waals surface area contributed by atoms with Crippen LogP contribution in [-0.4, -0.2) is 22.9 Å². The maximum Gasteiger partial charge on any atom is 0.304 e. The lowest BCUT2D eigenvalue weighted by Gasteiger charge is -2.22. The molecule has 0 saturated carbocycles. The minimum Gasteiger partial charge on any atom is -0.365 e. The van der Waals surface area contributed by atoms with Gasteiger partial charge in [0, 0.05) is 30.4 Å². The van der Waals surface area contributed by atoms with E-state index in [2.05, 4.69) is 42.5 Å². The Morgan fingerprint density at radius 2 is 1.76 bits per heavy atom. The number of nitrogens with zero attached hydrogens (tertiary/aromatic N) is 6. The second-order valence-electron chi connectivity index (χ2n) is 7.17. The summed E-state index contributed by atoms with van der Waals surface area (Å²) in [6, 6.07) is 13.7. The molecule has 0 amide bonds. The largest absolute Gasteiger partial charge is 0.365 e. The summed E-state index contributed by atoms with van der Waals surface area (Å²) in [4.78, 5) is 23.2. The number of hydrogen-bond donors (Lipinski definition) is 0. The lowest BCUT2D eigenvalue weighted by atomic mass is 10.1. The fourth-order valence-electron chi connectivity index (χ4n) is 3.26. The average Bonchev–Trinajstić information content (AvgIpc) is 2.79. The molecule has 0 unspecified atom stereocenters. The van der Waals surface area contributed by atoms with Crippen molar-refractivity contribution in [2.24, 2.45) is 10.2 Å². The Labute approximate surface area is 198 Å². The zero-order valence-electron chi connectivity index (χ0n) is 18.1. The third-order valence-electron chi connectivity index (χ3n) is 5.03. The molecule has 0 aliphatic heterocycles. The van der Waals surface area contributed by atoms with Crippen LogP contribution < -0.4 is 9.47 Å². The quantitative estimate of drug-likeness (QED) is 0.155. The van der Waals surface area contributed by atoms with Gasteiger partial charge in [0.05, 0.1) is 32.6 Å². The molecular weight excluding hydrogens is 492 g/mol. The van der Waals surface area contributed by atoms with Gasteiger partial charge in [0.2, 0.25) is 0 Å². The van der Waals surface area contributed by atoms with Crippen molar-refractivity contribution in [1.29, 1.82) is 0 Å². The summed E-state index contributed by atoms with van der Waals surface area (Å²) >= 11 is 3.13. The first-order valence-electron chi connectivity index (χ1n) is 10.1. The van der Waals surface area contributed by atoms with Crippen molar-refractivity contribution in [2.45, 2.75) is 20.4 Å². The molecule has 0 bridgehead atoms. The molecule has 0 fully saturated rings. The monoisotopic (exact) mass is 513 g/mol. The summed E-state index contributed by atoms with van der Waals surface area (Å²) in [7, 11) is 0. The molecule has 0 aliphatic rings. The molecule has 3 aromatic rings. The number of azo groups is 1. The van der Waals surface area contributed by atoms with Crippen LogP contribution in [0.2, 0.25) is 0 Å². The summed E-state index contributed by atoms with van der Waals surface area (Å²) in [6.07, 6.45) is 4.05. The number of nitro groups is 2. The van der Waals surface area contributed by atoms with E-state index in [1.165, 1.54) is 6.07 Å². The molecule has 11 heteroatoms. The van der Waals surface area contributed by atoms with Crippen LogP contribution in [0.15, 0.2) is 75.6 Å². The first-order chi connectivity index (χ1) is 15.8. The van der Waals surface area contributed by atoms with Gasteiger partial charge >= 0.3 is 5.69 Å². The third kappa shape index (κ3) is 5.95. The lowest BCUT2D eigenvalue weighted by molar-refractivity contribution is -0.694. The number of aryl methyl sites for hydroxylation is 1. The Hall–Kier alpha value is -3.73. The first-order valence-corrected chi connectivity index (χ1v) is 10.9. The Morgan fingerprint density at radius 3 is 2.36 bits per heavy atom. The van der Waals surface area contributed by atoms with Crippen LogP contribution in [0.4, 0.5) is 28.4 Å². The van der Waals surface area contributed by atoms with Crippen LogP contribution in [0, 0.1) is 27.2 Å². The molecule has 0 N–H and O–H groups in total. The van der Waals surface area contributed by atoms with Crippen molar-refractivity contribution >= 4 is 44.4 Å². The van der Waals surface area contributed by atoms with E-state index >= 15 is 0 Å². The predicted molar refractivity (Wildman–Crippen MR) is 127 cm³/mol. The standard InChI is InChI=1S/C22H22BrN6O4/c1-3-27(12-11-26-9-5-4-6-10-26)17-7-8-20(16(2)13-17)24-25-22-19(23)14-18(28(30)31)15-21(22)29(32)33/h4-10,13-15H,3,11-12H2,1-2H3/q+1. The van der Waals surface area contributed by atoms with Gasteiger partial charge in [-0.2, -0.15) is 0 Å². The van der Waals surface area contributed by atoms with Crippen molar-refractivity contribution in [3.8, 4) is 0 Å². The van der Waals surface area contributed by atoms with Gasteiger partial charge in [-0.3, -0.25) is 20.2 Å². The molecule has 1 aromatic heterocycles. The molecule has 0 atom stereocenters. The van der Waals surface area contributed by atoms with E-state index in [-0.39, 0.29) is 10.2 Å². The smallest absolute Gasteiger partial charge is 0.304 e. The normalized spacial score (nSPS) is 11.0. The molecule has 0 aliphatic carbocycles. The zero-order valence-corrected chi connectivity index (χ0v) is 19.7. The summed E-state index contributed by atoms with van der Waals surface area (Å²) < 4.78 is 2.24. The Kier molecular flexibility index (Phi) is 7.78. The van der Waals surface area contributed by atoms with Gasteiger partial charge < -0.3 is 4.90 Å². The van der Waals surface area contributed by atoms with Crippen LogP contribution in [0.5, 0.6) is 0 Å². The van der Waals surface area contributed by atoms with Crippen molar-refractivity contribution in [3.63, 3.8) is 0 Å².